The van der Waals surface area contributed by atoms with Crippen LogP contribution in [0.15, 0.2) is 15.0 Å². The fourth-order valence-corrected chi connectivity index (χ4v) is 3.02. The summed E-state index contributed by atoms with van der Waals surface area (Å²) in [5.41, 5.74) is 4.85. The van der Waals surface area contributed by atoms with Gasteiger partial charge in [0.15, 0.2) is 0 Å². The van der Waals surface area contributed by atoms with E-state index in [-0.39, 0.29) is 0 Å². The van der Waals surface area contributed by atoms with Crippen molar-refractivity contribution < 1.29 is 4.42 Å². The number of rotatable bonds is 4. The highest BCUT2D eigenvalue weighted by Crippen LogP contribution is 2.38. The fraction of sp³-hybridized carbons (Fsp3) is 0.529. The van der Waals surface area contributed by atoms with Gasteiger partial charge in [0.1, 0.15) is 11.3 Å². The molecule has 2 rings (SSSR count). The van der Waals surface area contributed by atoms with Gasteiger partial charge in [0.2, 0.25) is 0 Å². The summed E-state index contributed by atoms with van der Waals surface area (Å²) < 4.78 is 7.34. The van der Waals surface area contributed by atoms with Crippen LogP contribution in [-0.2, 0) is 6.54 Å². The summed E-state index contributed by atoms with van der Waals surface area (Å²) in [6, 6.07) is 2.59. The second-order valence-corrected chi connectivity index (χ2v) is 6.93. The molecule has 1 N–H and O–H groups in total. The number of hydrogen-bond donors (Lipinski definition) is 1. The number of furan rings is 1. The van der Waals surface area contributed by atoms with Crippen LogP contribution in [-0.4, -0.2) is 6.04 Å². The minimum atomic E-state index is 0.452. The normalized spacial score (nSPS) is 12.1. The van der Waals surface area contributed by atoms with Gasteiger partial charge in [0.25, 0.3) is 0 Å². The number of nitrogens with one attached hydrogen (secondary N) is 1. The van der Waals surface area contributed by atoms with Gasteiger partial charge in [-0.15, -0.1) is 0 Å². The molecule has 0 aliphatic heterocycles. The third-order valence-corrected chi connectivity index (χ3v) is 4.92. The van der Waals surface area contributed by atoms with Crippen LogP contribution in [0, 0.1) is 13.8 Å². The highest BCUT2D eigenvalue weighted by molar-refractivity contribution is 9.10. The SMILES string of the molecule is Cc1cc2oc(CNC(C)C)c(C(C)C)c2c(C)c1Br. The molecule has 0 radical (unpaired) electrons. The Morgan fingerprint density at radius 3 is 2.40 bits per heavy atom. The zero-order chi connectivity index (χ0) is 15.0. The maximum absolute atomic E-state index is 6.14. The molecule has 110 valence electrons. The molecule has 20 heavy (non-hydrogen) atoms. The maximum atomic E-state index is 6.14. The molecular weight excluding hydrogens is 314 g/mol. The lowest BCUT2D eigenvalue weighted by atomic mass is 9.95. The van der Waals surface area contributed by atoms with Gasteiger partial charge in [0.05, 0.1) is 6.54 Å². The summed E-state index contributed by atoms with van der Waals surface area (Å²) in [7, 11) is 0. The van der Waals surface area contributed by atoms with Crippen molar-refractivity contribution in [3.05, 3.63) is 33.0 Å². The molecule has 0 saturated carbocycles. The molecule has 0 fully saturated rings. The summed E-state index contributed by atoms with van der Waals surface area (Å²) in [4.78, 5) is 0. The van der Waals surface area contributed by atoms with Crippen LogP contribution in [0.4, 0.5) is 0 Å². The smallest absolute Gasteiger partial charge is 0.135 e. The van der Waals surface area contributed by atoms with E-state index in [1.807, 2.05) is 0 Å². The van der Waals surface area contributed by atoms with E-state index in [2.05, 4.69) is 68.9 Å². The van der Waals surface area contributed by atoms with E-state index < -0.39 is 0 Å². The Morgan fingerprint density at radius 2 is 1.85 bits per heavy atom. The van der Waals surface area contributed by atoms with Crippen molar-refractivity contribution >= 4 is 26.9 Å². The molecule has 0 aliphatic carbocycles. The van der Waals surface area contributed by atoms with Crippen LogP contribution in [0.25, 0.3) is 11.0 Å². The second kappa shape index (κ2) is 5.90. The van der Waals surface area contributed by atoms with Gasteiger partial charge in [-0.25, -0.2) is 0 Å². The predicted octanol–water partition coefficient (Wildman–Crippen LogP) is 5.43. The molecule has 0 unspecified atom stereocenters. The van der Waals surface area contributed by atoms with Crippen molar-refractivity contribution in [2.24, 2.45) is 0 Å². The van der Waals surface area contributed by atoms with Gasteiger partial charge in [-0.1, -0.05) is 43.6 Å². The molecule has 1 aromatic carbocycles. The minimum Gasteiger partial charge on any atom is -0.459 e. The Bertz CT molecular complexity index is 626. The highest BCUT2D eigenvalue weighted by Gasteiger charge is 2.20. The van der Waals surface area contributed by atoms with E-state index in [0.717, 1.165) is 17.9 Å². The summed E-state index contributed by atoms with van der Waals surface area (Å²) in [6.45, 7) is 13.8. The number of hydrogen-bond acceptors (Lipinski definition) is 2. The minimum absolute atomic E-state index is 0.452. The van der Waals surface area contributed by atoms with Gasteiger partial charge in [-0.2, -0.15) is 0 Å². The number of fused-ring (bicyclic) bond motifs is 1. The maximum Gasteiger partial charge on any atom is 0.135 e. The highest BCUT2D eigenvalue weighted by atomic mass is 79.9. The Balaban J connectivity index is 2.64. The Hall–Kier alpha value is -0.800. The van der Waals surface area contributed by atoms with Crippen LogP contribution in [0.2, 0.25) is 0 Å². The first-order valence-corrected chi connectivity index (χ1v) is 8.06. The van der Waals surface area contributed by atoms with Gasteiger partial charge in [-0.05, 0) is 37.0 Å². The number of benzene rings is 1. The molecule has 0 spiro atoms. The monoisotopic (exact) mass is 337 g/mol. The first-order chi connectivity index (χ1) is 9.32. The van der Waals surface area contributed by atoms with E-state index in [0.29, 0.717) is 12.0 Å². The molecule has 0 atom stereocenters. The fourth-order valence-electron chi connectivity index (χ4n) is 2.70. The standard InChI is InChI=1S/C17H24BrNO/c1-9(2)15-14(8-19-10(3)4)20-13-7-11(5)17(18)12(6)16(13)15/h7,9-10,19H,8H2,1-6H3. The Morgan fingerprint density at radius 1 is 1.20 bits per heavy atom. The summed E-state index contributed by atoms with van der Waals surface area (Å²) in [5, 5.41) is 4.74. The van der Waals surface area contributed by atoms with Crippen molar-refractivity contribution in [2.75, 3.05) is 0 Å². The lowest BCUT2D eigenvalue weighted by Gasteiger charge is -2.11. The average Bonchev–Trinajstić information content (AvgIpc) is 2.72. The largest absolute Gasteiger partial charge is 0.459 e. The molecular formula is C17H24BrNO. The van der Waals surface area contributed by atoms with Crippen LogP contribution < -0.4 is 5.32 Å². The molecule has 2 aromatic rings. The lowest BCUT2D eigenvalue weighted by Crippen LogP contribution is -2.22. The number of aryl methyl sites for hydroxylation is 2. The van der Waals surface area contributed by atoms with E-state index in [4.69, 9.17) is 4.42 Å². The first-order valence-electron chi connectivity index (χ1n) is 7.27. The van der Waals surface area contributed by atoms with E-state index in [1.54, 1.807) is 0 Å². The third kappa shape index (κ3) is 2.79. The molecule has 2 nitrogen and oxygen atoms in total. The lowest BCUT2D eigenvalue weighted by molar-refractivity contribution is 0.480. The quantitative estimate of drug-likeness (QED) is 0.804. The molecule has 0 aliphatic rings. The second-order valence-electron chi connectivity index (χ2n) is 6.13. The van der Waals surface area contributed by atoms with Crippen molar-refractivity contribution in [1.29, 1.82) is 0 Å². The zero-order valence-corrected chi connectivity index (χ0v) is 14.8. The van der Waals surface area contributed by atoms with Gasteiger partial charge in [-0.3, -0.25) is 0 Å². The van der Waals surface area contributed by atoms with Gasteiger partial charge >= 0.3 is 0 Å². The van der Waals surface area contributed by atoms with Gasteiger partial charge in [0, 0.05) is 21.5 Å². The van der Waals surface area contributed by atoms with E-state index in [9.17, 15) is 0 Å². The van der Waals surface area contributed by atoms with Crippen LogP contribution in [0.3, 0.4) is 0 Å². The molecule has 3 heteroatoms. The molecule has 1 heterocycles. The van der Waals surface area contributed by atoms with Crippen LogP contribution >= 0.6 is 15.9 Å². The topological polar surface area (TPSA) is 25.2 Å². The summed E-state index contributed by atoms with van der Waals surface area (Å²) >= 11 is 3.70. The van der Waals surface area contributed by atoms with Crippen molar-refractivity contribution in [2.45, 2.75) is 60.0 Å². The zero-order valence-electron chi connectivity index (χ0n) is 13.2. The van der Waals surface area contributed by atoms with Crippen LogP contribution in [0.1, 0.15) is 56.1 Å². The molecule has 0 bridgehead atoms. The Labute approximate surface area is 130 Å². The van der Waals surface area contributed by atoms with Crippen molar-refractivity contribution in [3.8, 4) is 0 Å². The predicted molar refractivity (Wildman–Crippen MR) is 89.5 cm³/mol. The third-order valence-electron chi connectivity index (χ3n) is 3.70. The van der Waals surface area contributed by atoms with Crippen molar-refractivity contribution in [1.82, 2.24) is 5.32 Å². The molecule has 0 saturated heterocycles. The van der Waals surface area contributed by atoms with Gasteiger partial charge < -0.3 is 9.73 Å². The molecule has 0 amide bonds. The summed E-state index contributed by atoms with van der Waals surface area (Å²) in [6.07, 6.45) is 0. The van der Waals surface area contributed by atoms with Crippen molar-refractivity contribution in [3.63, 3.8) is 0 Å². The number of halogens is 1. The van der Waals surface area contributed by atoms with Crippen LogP contribution in [0.5, 0.6) is 0 Å². The first kappa shape index (κ1) is 15.6. The average molecular weight is 338 g/mol. The summed E-state index contributed by atoms with van der Waals surface area (Å²) in [5.74, 6) is 1.53. The van der Waals surface area contributed by atoms with E-state index >= 15 is 0 Å². The van der Waals surface area contributed by atoms with E-state index in [1.165, 1.54) is 26.5 Å². The molecule has 1 aromatic heterocycles. The Kier molecular flexibility index (Phi) is 4.60.